The van der Waals surface area contributed by atoms with Crippen LogP contribution >= 0.6 is 0 Å². The van der Waals surface area contributed by atoms with Crippen molar-refractivity contribution in [1.82, 2.24) is 4.90 Å². The van der Waals surface area contributed by atoms with E-state index in [0.29, 0.717) is 0 Å². The summed E-state index contributed by atoms with van der Waals surface area (Å²) in [5.41, 5.74) is 2.33. The summed E-state index contributed by atoms with van der Waals surface area (Å²) in [4.78, 5) is 14.7. The predicted octanol–water partition coefficient (Wildman–Crippen LogP) is 2.78. The van der Waals surface area contributed by atoms with Crippen LogP contribution in [-0.4, -0.2) is 29.6 Å². The number of hydrogen-bond acceptors (Lipinski definition) is 3. The summed E-state index contributed by atoms with van der Waals surface area (Å²) in [6, 6.07) is 9.57. The summed E-state index contributed by atoms with van der Waals surface area (Å²) in [5, 5.41) is 5.88. The maximum atomic E-state index is 12.5. The molecule has 4 nitrogen and oxygen atoms in total. The Morgan fingerprint density at radius 2 is 1.80 bits per heavy atom. The molecule has 0 bridgehead atoms. The Kier molecular flexibility index (Phi) is 3.54. The van der Waals surface area contributed by atoms with Gasteiger partial charge in [0.1, 0.15) is 0 Å². The Morgan fingerprint density at radius 1 is 1.10 bits per heavy atom. The van der Waals surface area contributed by atoms with Gasteiger partial charge in [0.2, 0.25) is 0 Å². The van der Waals surface area contributed by atoms with Crippen molar-refractivity contribution in [3.63, 3.8) is 0 Å². The molecule has 1 saturated heterocycles. The molecule has 1 fully saturated rings. The number of piperidine rings is 1. The minimum atomic E-state index is -0.0285. The van der Waals surface area contributed by atoms with Crippen molar-refractivity contribution < 1.29 is 4.79 Å². The number of hydrogen-bond donors (Lipinski definition) is 0. The van der Waals surface area contributed by atoms with Crippen LogP contribution in [0, 0.1) is 0 Å². The summed E-state index contributed by atoms with van der Waals surface area (Å²) in [6.45, 7) is 3.97. The Labute approximate surface area is 119 Å². The lowest BCUT2D eigenvalue weighted by molar-refractivity contribution is -0.114. The fourth-order valence-corrected chi connectivity index (χ4v) is 2.64. The normalized spacial score (nSPS) is 21.6. The number of carbonyl (C=O) groups is 1. The van der Waals surface area contributed by atoms with E-state index in [1.807, 2.05) is 43.5 Å². The summed E-state index contributed by atoms with van der Waals surface area (Å²) < 4.78 is 0. The topological polar surface area (TPSA) is 35.9 Å². The molecule has 0 saturated carbocycles. The Bertz CT molecular complexity index is 556. The first kappa shape index (κ1) is 12.9. The standard InChI is InChI=1S/C16H19N3O/c1-13-15(12-18-10-6-3-7-11-18)16(20)19(17-13)14-8-4-2-5-9-14/h2,4-5,8-9,12H,3,6-7,10-11H2,1H3/b15-12-. The third kappa shape index (κ3) is 2.46. The zero-order valence-corrected chi connectivity index (χ0v) is 11.7. The molecule has 2 aliphatic heterocycles. The fraction of sp³-hybridized carbons (Fsp3) is 0.375. The smallest absolute Gasteiger partial charge is 0.282 e. The number of nitrogens with zero attached hydrogens (tertiary/aromatic N) is 3. The highest BCUT2D eigenvalue weighted by Gasteiger charge is 2.29. The SMILES string of the molecule is CC1=NN(c2ccccc2)C(=O)/C1=C\N1CCCCC1. The van der Waals surface area contributed by atoms with Crippen LogP contribution in [0.5, 0.6) is 0 Å². The van der Waals surface area contributed by atoms with E-state index >= 15 is 0 Å². The summed E-state index contributed by atoms with van der Waals surface area (Å²) in [6.07, 6.45) is 5.69. The van der Waals surface area contributed by atoms with E-state index in [1.54, 1.807) is 0 Å². The van der Waals surface area contributed by atoms with Gasteiger partial charge in [0, 0.05) is 19.3 Å². The van der Waals surface area contributed by atoms with Gasteiger partial charge in [-0.1, -0.05) is 18.2 Å². The third-order valence-corrected chi connectivity index (χ3v) is 3.77. The monoisotopic (exact) mass is 269 g/mol. The van der Waals surface area contributed by atoms with Crippen LogP contribution in [0.4, 0.5) is 5.69 Å². The van der Waals surface area contributed by atoms with Gasteiger partial charge in [0.15, 0.2) is 0 Å². The third-order valence-electron chi connectivity index (χ3n) is 3.77. The fourth-order valence-electron chi connectivity index (χ4n) is 2.64. The van der Waals surface area contributed by atoms with Gasteiger partial charge in [0.05, 0.1) is 17.0 Å². The predicted molar refractivity (Wildman–Crippen MR) is 80.5 cm³/mol. The van der Waals surface area contributed by atoms with Gasteiger partial charge >= 0.3 is 0 Å². The molecule has 4 heteroatoms. The van der Waals surface area contributed by atoms with E-state index in [1.165, 1.54) is 24.3 Å². The van der Waals surface area contributed by atoms with Crippen LogP contribution in [0.3, 0.4) is 0 Å². The Morgan fingerprint density at radius 3 is 2.50 bits per heavy atom. The van der Waals surface area contributed by atoms with Crippen LogP contribution < -0.4 is 5.01 Å². The number of likely N-dealkylation sites (tertiary alicyclic amines) is 1. The average molecular weight is 269 g/mol. The number of benzene rings is 1. The molecule has 1 aromatic carbocycles. The molecule has 2 heterocycles. The van der Waals surface area contributed by atoms with E-state index in [-0.39, 0.29) is 5.91 Å². The molecule has 0 aromatic heterocycles. The lowest BCUT2D eigenvalue weighted by Crippen LogP contribution is -2.27. The van der Waals surface area contributed by atoms with Crippen LogP contribution in [0.15, 0.2) is 47.2 Å². The first-order chi connectivity index (χ1) is 9.75. The molecule has 0 N–H and O–H groups in total. The van der Waals surface area contributed by atoms with Crippen LogP contribution in [0.1, 0.15) is 26.2 Å². The van der Waals surface area contributed by atoms with Gasteiger partial charge in [-0.3, -0.25) is 4.79 Å². The molecule has 2 aliphatic rings. The Hall–Kier alpha value is -2.10. The molecule has 3 rings (SSSR count). The summed E-state index contributed by atoms with van der Waals surface area (Å²) in [7, 11) is 0. The van der Waals surface area contributed by atoms with E-state index in [4.69, 9.17) is 0 Å². The van der Waals surface area contributed by atoms with Crippen molar-refractivity contribution in [3.8, 4) is 0 Å². The maximum Gasteiger partial charge on any atom is 0.282 e. The molecule has 104 valence electrons. The van der Waals surface area contributed by atoms with Gasteiger partial charge in [-0.2, -0.15) is 10.1 Å². The first-order valence-corrected chi connectivity index (χ1v) is 7.16. The number of rotatable bonds is 2. The molecule has 1 aromatic rings. The van der Waals surface area contributed by atoms with Crippen molar-refractivity contribution in [3.05, 3.63) is 42.1 Å². The lowest BCUT2D eigenvalue weighted by Gasteiger charge is -2.25. The Balaban J connectivity index is 1.83. The molecule has 0 unspecified atom stereocenters. The van der Waals surface area contributed by atoms with Crippen molar-refractivity contribution in [1.29, 1.82) is 0 Å². The van der Waals surface area contributed by atoms with Gasteiger partial charge in [-0.25, -0.2) is 0 Å². The van der Waals surface area contributed by atoms with E-state index in [0.717, 1.165) is 30.1 Å². The highest BCUT2D eigenvalue weighted by atomic mass is 16.2. The molecule has 1 amide bonds. The molecular formula is C16H19N3O. The second kappa shape index (κ2) is 5.49. The van der Waals surface area contributed by atoms with Crippen molar-refractivity contribution in [2.75, 3.05) is 18.1 Å². The highest BCUT2D eigenvalue weighted by Crippen LogP contribution is 2.24. The number of amides is 1. The van der Waals surface area contributed by atoms with Crippen LogP contribution in [0.2, 0.25) is 0 Å². The minimum Gasteiger partial charge on any atom is -0.377 e. The van der Waals surface area contributed by atoms with Crippen molar-refractivity contribution in [2.24, 2.45) is 5.10 Å². The molecule has 0 aliphatic carbocycles. The van der Waals surface area contributed by atoms with Gasteiger partial charge in [0.25, 0.3) is 5.91 Å². The maximum absolute atomic E-state index is 12.5. The second-order valence-electron chi connectivity index (χ2n) is 5.28. The van der Waals surface area contributed by atoms with E-state index in [9.17, 15) is 4.79 Å². The molecular weight excluding hydrogens is 250 g/mol. The number of para-hydroxylation sites is 1. The van der Waals surface area contributed by atoms with Crippen LogP contribution in [0.25, 0.3) is 0 Å². The van der Waals surface area contributed by atoms with Gasteiger partial charge < -0.3 is 4.90 Å². The quantitative estimate of drug-likeness (QED) is 0.774. The largest absolute Gasteiger partial charge is 0.377 e. The van der Waals surface area contributed by atoms with Gasteiger partial charge in [-0.05, 0) is 38.3 Å². The summed E-state index contributed by atoms with van der Waals surface area (Å²) >= 11 is 0. The first-order valence-electron chi connectivity index (χ1n) is 7.16. The zero-order valence-electron chi connectivity index (χ0n) is 11.7. The second-order valence-corrected chi connectivity index (χ2v) is 5.28. The van der Waals surface area contributed by atoms with Crippen molar-refractivity contribution in [2.45, 2.75) is 26.2 Å². The molecule has 0 radical (unpaired) electrons. The molecule has 0 atom stereocenters. The average Bonchev–Trinajstić information content (AvgIpc) is 2.77. The number of anilines is 1. The van der Waals surface area contributed by atoms with E-state index < -0.39 is 0 Å². The van der Waals surface area contributed by atoms with Gasteiger partial charge in [-0.15, -0.1) is 0 Å². The highest BCUT2D eigenvalue weighted by molar-refractivity contribution is 6.29. The molecule has 20 heavy (non-hydrogen) atoms. The number of carbonyl (C=O) groups excluding carboxylic acids is 1. The minimum absolute atomic E-state index is 0.0285. The van der Waals surface area contributed by atoms with Crippen LogP contribution in [-0.2, 0) is 4.79 Å². The number of hydrazone groups is 1. The van der Waals surface area contributed by atoms with E-state index in [2.05, 4.69) is 10.0 Å². The molecule has 0 spiro atoms. The van der Waals surface area contributed by atoms with Crippen molar-refractivity contribution >= 4 is 17.3 Å². The lowest BCUT2D eigenvalue weighted by atomic mass is 10.1. The summed E-state index contributed by atoms with van der Waals surface area (Å²) in [5.74, 6) is -0.0285. The zero-order chi connectivity index (χ0) is 13.9.